The second kappa shape index (κ2) is 11.2. The van der Waals surface area contributed by atoms with Gasteiger partial charge in [0.1, 0.15) is 6.61 Å². The van der Waals surface area contributed by atoms with Crippen LogP contribution < -0.4 is 4.90 Å². The van der Waals surface area contributed by atoms with E-state index < -0.39 is 5.97 Å². The number of benzene rings is 2. The number of fused-ring (bicyclic) bond motifs is 1. The van der Waals surface area contributed by atoms with E-state index in [4.69, 9.17) is 9.84 Å². The van der Waals surface area contributed by atoms with Gasteiger partial charge in [-0.15, -0.1) is 0 Å². The number of piperidine rings is 1. The zero-order chi connectivity index (χ0) is 25.8. The SMILES string of the molecule is Cn1nc(N2CCC(CCN3CCN(C(=O)OCc4ccccc4)CC3)CC2)c2cc(C(=O)O)ccc21. The molecule has 0 bridgehead atoms. The number of aryl methyl sites for hydroxylation is 1. The normalized spacial score (nSPS) is 17.3. The number of anilines is 1. The molecular weight excluding hydrogens is 470 g/mol. The highest BCUT2D eigenvalue weighted by Gasteiger charge is 2.26. The first kappa shape index (κ1) is 25.1. The van der Waals surface area contributed by atoms with Crippen LogP contribution in [-0.2, 0) is 18.4 Å². The third-order valence-corrected chi connectivity index (χ3v) is 7.68. The molecule has 0 saturated carbocycles. The minimum absolute atomic E-state index is 0.228. The van der Waals surface area contributed by atoms with Crippen LogP contribution in [0.25, 0.3) is 10.9 Å². The van der Waals surface area contributed by atoms with E-state index in [0.29, 0.717) is 31.2 Å². The minimum atomic E-state index is -0.916. The van der Waals surface area contributed by atoms with Crippen molar-refractivity contribution >= 4 is 28.8 Å². The molecular formula is C28H35N5O4. The molecule has 9 heteroatoms. The van der Waals surface area contributed by atoms with Gasteiger partial charge in [0.15, 0.2) is 5.82 Å². The molecule has 0 radical (unpaired) electrons. The Morgan fingerprint density at radius 1 is 1.00 bits per heavy atom. The average Bonchev–Trinajstić information content (AvgIpc) is 3.27. The molecule has 2 aromatic carbocycles. The lowest BCUT2D eigenvalue weighted by atomic mass is 9.93. The zero-order valence-corrected chi connectivity index (χ0v) is 21.4. The number of nitrogens with zero attached hydrogens (tertiary/aromatic N) is 5. The minimum Gasteiger partial charge on any atom is -0.478 e. The lowest BCUT2D eigenvalue weighted by molar-refractivity contribution is 0.0691. The van der Waals surface area contributed by atoms with E-state index in [1.165, 1.54) is 0 Å². The average molecular weight is 506 g/mol. The number of carboxylic acid groups (broad SMARTS) is 1. The standard InChI is InChI=1S/C28H35N5O4/c1-30-25-8-7-23(27(34)35)19-24(25)26(29-30)32-13-10-21(11-14-32)9-12-31-15-17-33(18-16-31)28(36)37-20-22-5-3-2-4-6-22/h2-8,19,21H,9-18,20H2,1H3,(H,34,35). The Bertz CT molecular complexity index is 1230. The molecule has 1 amide bonds. The monoisotopic (exact) mass is 505 g/mol. The van der Waals surface area contributed by atoms with Gasteiger partial charge in [-0.25, -0.2) is 9.59 Å². The van der Waals surface area contributed by atoms with Crippen LogP contribution in [0.15, 0.2) is 48.5 Å². The number of piperazine rings is 1. The molecule has 2 fully saturated rings. The Morgan fingerprint density at radius 2 is 1.73 bits per heavy atom. The molecule has 3 heterocycles. The maximum atomic E-state index is 12.4. The van der Waals surface area contributed by atoms with Gasteiger partial charge in [0.05, 0.1) is 11.1 Å². The maximum Gasteiger partial charge on any atom is 0.410 e. The van der Waals surface area contributed by atoms with Gasteiger partial charge in [-0.1, -0.05) is 30.3 Å². The van der Waals surface area contributed by atoms with E-state index in [2.05, 4.69) is 9.80 Å². The van der Waals surface area contributed by atoms with Gasteiger partial charge in [0.2, 0.25) is 0 Å². The van der Waals surface area contributed by atoms with E-state index in [9.17, 15) is 14.7 Å². The summed E-state index contributed by atoms with van der Waals surface area (Å²) in [7, 11) is 1.90. The van der Waals surface area contributed by atoms with Crippen molar-refractivity contribution in [3.8, 4) is 0 Å². The molecule has 1 N–H and O–H groups in total. The fourth-order valence-corrected chi connectivity index (χ4v) is 5.38. The number of aromatic carboxylic acids is 1. The molecule has 3 aromatic rings. The maximum absolute atomic E-state index is 12.4. The van der Waals surface area contributed by atoms with Gasteiger partial charge >= 0.3 is 12.1 Å². The van der Waals surface area contributed by atoms with Crippen LogP contribution >= 0.6 is 0 Å². The first-order chi connectivity index (χ1) is 18.0. The van der Waals surface area contributed by atoms with Gasteiger partial charge in [-0.3, -0.25) is 9.58 Å². The highest BCUT2D eigenvalue weighted by Crippen LogP contribution is 2.31. The van der Waals surface area contributed by atoms with E-state index in [1.54, 1.807) is 12.1 Å². The van der Waals surface area contributed by atoms with Gasteiger partial charge in [-0.2, -0.15) is 5.10 Å². The largest absolute Gasteiger partial charge is 0.478 e. The summed E-state index contributed by atoms with van der Waals surface area (Å²) < 4.78 is 7.31. The van der Waals surface area contributed by atoms with Gasteiger partial charge in [0.25, 0.3) is 0 Å². The van der Waals surface area contributed by atoms with Crippen LogP contribution in [0.4, 0.5) is 10.6 Å². The van der Waals surface area contributed by atoms with Crippen LogP contribution in [0, 0.1) is 5.92 Å². The topological polar surface area (TPSA) is 91.1 Å². The van der Waals surface area contributed by atoms with E-state index >= 15 is 0 Å². The molecule has 1 aromatic heterocycles. The fraction of sp³-hybridized carbons (Fsp3) is 0.464. The predicted molar refractivity (Wildman–Crippen MR) is 142 cm³/mol. The molecule has 5 rings (SSSR count). The molecule has 0 unspecified atom stereocenters. The molecule has 0 spiro atoms. The number of hydrogen-bond acceptors (Lipinski definition) is 6. The second-order valence-electron chi connectivity index (χ2n) is 10.1. The first-order valence-corrected chi connectivity index (χ1v) is 13.1. The molecule has 2 aliphatic rings. The second-order valence-corrected chi connectivity index (χ2v) is 10.1. The Labute approximate surface area is 217 Å². The van der Waals surface area contributed by atoms with Crippen LogP contribution in [0.1, 0.15) is 35.2 Å². The van der Waals surface area contributed by atoms with E-state index in [-0.39, 0.29) is 6.09 Å². The van der Waals surface area contributed by atoms with E-state index in [1.807, 2.05) is 53.0 Å². The Kier molecular flexibility index (Phi) is 7.60. The smallest absolute Gasteiger partial charge is 0.410 e. The Hall–Kier alpha value is -3.59. The lowest BCUT2D eigenvalue weighted by Crippen LogP contribution is -2.49. The summed E-state index contributed by atoms with van der Waals surface area (Å²) in [5.74, 6) is 0.629. The van der Waals surface area contributed by atoms with Crippen molar-refractivity contribution in [2.24, 2.45) is 13.0 Å². The van der Waals surface area contributed by atoms with Gasteiger partial charge in [0, 0.05) is 51.7 Å². The number of carbonyl (C=O) groups excluding carboxylic acids is 1. The summed E-state index contributed by atoms with van der Waals surface area (Å²) in [5, 5.41) is 15.0. The van der Waals surface area contributed by atoms with Crippen LogP contribution in [0.2, 0.25) is 0 Å². The van der Waals surface area contributed by atoms with Crippen molar-refractivity contribution in [2.75, 3.05) is 50.7 Å². The molecule has 37 heavy (non-hydrogen) atoms. The van der Waals surface area contributed by atoms with Crippen molar-refractivity contribution in [1.29, 1.82) is 0 Å². The lowest BCUT2D eigenvalue weighted by Gasteiger charge is -2.36. The quantitative estimate of drug-likeness (QED) is 0.522. The van der Waals surface area contributed by atoms with Crippen LogP contribution in [0.5, 0.6) is 0 Å². The third kappa shape index (κ3) is 5.88. The van der Waals surface area contributed by atoms with Crippen molar-refractivity contribution < 1.29 is 19.4 Å². The third-order valence-electron chi connectivity index (χ3n) is 7.68. The number of amides is 1. The van der Waals surface area contributed by atoms with Crippen molar-refractivity contribution in [1.82, 2.24) is 19.6 Å². The first-order valence-electron chi connectivity index (χ1n) is 13.1. The Morgan fingerprint density at radius 3 is 2.43 bits per heavy atom. The number of ether oxygens (including phenoxy) is 1. The number of carboxylic acids is 1. The Balaban J connectivity index is 1.05. The van der Waals surface area contributed by atoms with Gasteiger partial charge in [-0.05, 0) is 55.5 Å². The van der Waals surface area contributed by atoms with E-state index in [0.717, 1.165) is 74.3 Å². The molecule has 0 aliphatic carbocycles. The summed E-state index contributed by atoms with van der Waals surface area (Å²) in [5.41, 5.74) is 2.24. The summed E-state index contributed by atoms with van der Waals surface area (Å²) in [6.45, 7) is 6.38. The van der Waals surface area contributed by atoms with Crippen LogP contribution in [-0.4, -0.2) is 82.6 Å². The highest BCUT2D eigenvalue weighted by molar-refractivity contribution is 5.98. The van der Waals surface area contributed by atoms with Crippen molar-refractivity contribution in [3.05, 3.63) is 59.7 Å². The number of aromatic nitrogens is 2. The summed E-state index contributed by atoms with van der Waals surface area (Å²) >= 11 is 0. The molecule has 2 aliphatic heterocycles. The predicted octanol–water partition coefficient (Wildman–Crippen LogP) is 3.83. The van der Waals surface area contributed by atoms with Crippen molar-refractivity contribution in [3.63, 3.8) is 0 Å². The summed E-state index contributed by atoms with van der Waals surface area (Å²) in [6.07, 6.45) is 3.12. The number of hydrogen-bond donors (Lipinski definition) is 1. The van der Waals surface area contributed by atoms with Crippen LogP contribution in [0.3, 0.4) is 0 Å². The fourth-order valence-electron chi connectivity index (χ4n) is 5.38. The molecule has 0 atom stereocenters. The number of carbonyl (C=O) groups is 2. The van der Waals surface area contributed by atoms with Gasteiger partial charge < -0.3 is 19.6 Å². The molecule has 9 nitrogen and oxygen atoms in total. The number of rotatable bonds is 7. The van der Waals surface area contributed by atoms with Crippen molar-refractivity contribution in [2.45, 2.75) is 25.9 Å². The highest BCUT2D eigenvalue weighted by atomic mass is 16.6. The summed E-state index contributed by atoms with van der Waals surface area (Å²) in [6, 6.07) is 15.0. The summed E-state index contributed by atoms with van der Waals surface area (Å²) in [4.78, 5) is 30.4. The molecule has 196 valence electrons. The zero-order valence-electron chi connectivity index (χ0n) is 21.4. The molecule has 2 saturated heterocycles.